The molecule has 5 nitrogen and oxygen atoms in total. The summed E-state index contributed by atoms with van der Waals surface area (Å²) in [6, 6.07) is 54.8. The lowest BCUT2D eigenvalue weighted by molar-refractivity contribution is 0.669. The highest BCUT2D eigenvalue weighted by molar-refractivity contribution is 7.25. The first-order valence-corrected chi connectivity index (χ1v) is 17.8. The van der Waals surface area contributed by atoms with Gasteiger partial charge in [-0.25, -0.2) is 15.0 Å². The molecule has 0 atom stereocenters. The highest BCUT2D eigenvalue weighted by atomic mass is 32.1. The van der Waals surface area contributed by atoms with Gasteiger partial charge in [0.1, 0.15) is 11.2 Å². The molecule has 0 aliphatic rings. The van der Waals surface area contributed by atoms with Crippen molar-refractivity contribution in [2.24, 2.45) is 0 Å². The van der Waals surface area contributed by atoms with Gasteiger partial charge in [0, 0.05) is 58.7 Å². The predicted octanol–water partition coefficient (Wildman–Crippen LogP) is 12.2. The van der Waals surface area contributed by atoms with E-state index in [1.54, 1.807) is 11.3 Å². The van der Waals surface area contributed by atoms with Crippen LogP contribution in [0.2, 0.25) is 0 Å². The Hall–Kier alpha value is -6.63. The van der Waals surface area contributed by atoms with Crippen LogP contribution in [0.15, 0.2) is 162 Å². The van der Waals surface area contributed by atoms with E-state index in [1.807, 2.05) is 42.5 Å². The van der Waals surface area contributed by atoms with E-state index in [1.165, 1.54) is 25.6 Å². The van der Waals surface area contributed by atoms with Gasteiger partial charge in [0.25, 0.3) is 0 Å². The lowest BCUT2D eigenvalue weighted by Gasteiger charge is -2.10. The molecule has 238 valence electrons. The molecule has 0 N–H and O–H groups in total. The Labute approximate surface area is 295 Å². The monoisotopic (exact) mass is 670 g/mol. The second kappa shape index (κ2) is 10.9. The standard InChI is InChI=1S/C45H26N4OS/c1-3-12-27(13-4-1)43-46-44(28-22-23-32-31-17-8-10-21-38(31)51-39(32)26-28)48-45(47-43)34-18-11-20-36-40(34)41-37(50-36)25-24-33-30-16-7-9-19-35(30)49(42(33)41)29-14-5-2-6-15-29/h1-26H. The van der Waals surface area contributed by atoms with Crippen molar-refractivity contribution in [1.29, 1.82) is 0 Å². The maximum absolute atomic E-state index is 6.63. The van der Waals surface area contributed by atoms with Crippen LogP contribution in [0.5, 0.6) is 0 Å². The SMILES string of the molecule is c1ccc(-c2nc(-c3ccc4c(c3)sc3ccccc34)nc(-c3cccc4oc5ccc6c7ccccc7n(-c7ccccc7)c6c5c34)n2)cc1. The Bertz CT molecular complexity index is 3140. The molecule has 0 saturated heterocycles. The summed E-state index contributed by atoms with van der Waals surface area (Å²) in [7, 11) is 0. The maximum atomic E-state index is 6.63. The Morgan fingerprint density at radius 3 is 1.98 bits per heavy atom. The summed E-state index contributed by atoms with van der Waals surface area (Å²) in [5.41, 5.74) is 7.71. The molecule has 0 radical (unpaired) electrons. The van der Waals surface area contributed by atoms with E-state index in [9.17, 15) is 0 Å². The minimum atomic E-state index is 0.600. The topological polar surface area (TPSA) is 56.7 Å². The molecule has 4 aromatic heterocycles. The number of furan rings is 1. The average molecular weight is 671 g/mol. The normalized spacial score (nSPS) is 11.9. The molecule has 0 fully saturated rings. The minimum absolute atomic E-state index is 0.600. The Morgan fingerprint density at radius 2 is 1.12 bits per heavy atom. The molecule has 51 heavy (non-hydrogen) atoms. The third-order valence-corrected chi connectivity index (χ3v) is 11.0. The number of rotatable bonds is 4. The minimum Gasteiger partial charge on any atom is -0.456 e. The van der Waals surface area contributed by atoms with E-state index < -0.39 is 0 Å². The number of para-hydroxylation sites is 2. The highest BCUT2D eigenvalue weighted by Gasteiger charge is 2.23. The average Bonchev–Trinajstić information content (AvgIpc) is 3.87. The molecular weight excluding hydrogens is 645 g/mol. The van der Waals surface area contributed by atoms with Crippen LogP contribution < -0.4 is 0 Å². The molecule has 11 aromatic rings. The van der Waals surface area contributed by atoms with Crippen molar-refractivity contribution in [3.05, 3.63) is 158 Å². The second-order valence-electron chi connectivity index (χ2n) is 12.8. The molecule has 0 spiro atoms. The zero-order valence-electron chi connectivity index (χ0n) is 27.1. The third-order valence-electron chi connectivity index (χ3n) is 9.85. The van der Waals surface area contributed by atoms with Crippen LogP contribution in [-0.2, 0) is 0 Å². The highest BCUT2D eigenvalue weighted by Crippen LogP contribution is 2.44. The summed E-state index contributed by atoms with van der Waals surface area (Å²) < 4.78 is 11.5. The number of thiophene rings is 1. The molecule has 0 amide bonds. The molecular formula is C45H26N4OS. The molecule has 4 heterocycles. The Balaban J connectivity index is 1.22. The van der Waals surface area contributed by atoms with E-state index >= 15 is 0 Å². The van der Waals surface area contributed by atoms with Gasteiger partial charge in [0.15, 0.2) is 17.5 Å². The molecule has 0 unspecified atom stereocenters. The van der Waals surface area contributed by atoms with Crippen LogP contribution in [-0.4, -0.2) is 19.5 Å². The molecule has 0 aliphatic carbocycles. The van der Waals surface area contributed by atoms with E-state index in [0.717, 1.165) is 60.7 Å². The number of hydrogen-bond acceptors (Lipinski definition) is 5. The van der Waals surface area contributed by atoms with Crippen molar-refractivity contribution in [1.82, 2.24) is 19.5 Å². The summed E-state index contributed by atoms with van der Waals surface area (Å²) in [5.74, 6) is 1.86. The zero-order chi connectivity index (χ0) is 33.5. The summed E-state index contributed by atoms with van der Waals surface area (Å²) in [6.07, 6.45) is 0. The first-order valence-electron chi connectivity index (χ1n) is 16.9. The van der Waals surface area contributed by atoms with Gasteiger partial charge in [-0.3, -0.25) is 0 Å². The van der Waals surface area contributed by atoms with Gasteiger partial charge in [-0.2, -0.15) is 0 Å². The van der Waals surface area contributed by atoms with Crippen molar-refractivity contribution in [2.45, 2.75) is 0 Å². The fourth-order valence-electron chi connectivity index (χ4n) is 7.60. The van der Waals surface area contributed by atoms with Gasteiger partial charge in [-0.1, -0.05) is 109 Å². The lowest BCUT2D eigenvalue weighted by atomic mass is 10.0. The lowest BCUT2D eigenvalue weighted by Crippen LogP contribution is -2.00. The van der Waals surface area contributed by atoms with Crippen LogP contribution in [0, 0.1) is 0 Å². The van der Waals surface area contributed by atoms with Crippen molar-refractivity contribution >= 4 is 75.3 Å². The van der Waals surface area contributed by atoms with Gasteiger partial charge in [0.2, 0.25) is 0 Å². The zero-order valence-corrected chi connectivity index (χ0v) is 27.9. The number of nitrogens with zero attached hydrogens (tertiary/aromatic N) is 4. The second-order valence-corrected chi connectivity index (χ2v) is 13.9. The molecule has 11 rings (SSSR count). The molecule has 0 bridgehead atoms. The quantitative estimate of drug-likeness (QED) is 0.187. The van der Waals surface area contributed by atoms with E-state index in [-0.39, 0.29) is 0 Å². The van der Waals surface area contributed by atoms with Gasteiger partial charge in [0.05, 0.1) is 16.4 Å². The van der Waals surface area contributed by atoms with Crippen LogP contribution >= 0.6 is 11.3 Å². The summed E-state index contributed by atoms with van der Waals surface area (Å²) in [6.45, 7) is 0. The maximum Gasteiger partial charge on any atom is 0.164 e. The predicted molar refractivity (Wildman–Crippen MR) is 211 cm³/mol. The smallest absolute Gasteiger partial charge is 0.164 e. The number of hydrogen-bond donors (Lipinski definition) is 0. The van der Waals surface area contributed by atoms with Crippen molar-refractivity contribution in [2.75, 3.05) is 0 Å². The van der Waals surface area contributed by atoms with Gasteiger partial charge < -0.3 is 8.98 Å². The van der Waals surface area contributed by atoms with Crippen LogP contribution in [0.1, 0.15) is 0 Å². The summed E-state index contributed by atoms with van der Waals surface area (Å²) in [5, 5.41) is 6.88. The summed E-state index contributed by atoms with van der Waals surface area (Å²) >= 11 is 1.79. The third kappa shape index (κ3) is 4.30. The van der Waals surface area contributed by atoms with Crippen LogP contribution in [0.4, 0.5) is 0 Å². The van der Waals surface area contributed by atoms with E-state index in [0.29, 0.717) is 17.5 Å². The molecule has 7 aromatic carbocycles. The molecule has 6 heteroatoms. The molecule has 0 saturated carbocycles. The van der Waals surface area contributed by atoms with Gasteiger partial charge in [-0.05, 0) is 48.5 Å². The first-order chi connectivity index (χ1) is 25.3. The fraction of sp³-hybridized carbons (Fsp3) is 0. The Morgan fingerprint density at radius 1 is 0.451 bits per heavy atom. The number of fused-ring (bicyclic) bond motifs is 10. The van der Waals surface area contributed by atoms with Crippen LogP contribution in [0.3, 0.4) is 0 Å². The van der Waals surface area contributed by atoms with Crippen molar-refractivity contribution in [3.8, 4) is 39.9 Å². The van der Waals surface area contributed by atoms with Gasteiger partial charge in [-0.15, -0.1) is 11.3 Å². The van der Waals surface area contributed by atoms with Crippen molar-refractivity contribution in [3.63, 3.8) is 0 Å². The van der Waals surface area contributed by atoms with E-state index in [4.69, 9.17) is 19.4 Å². The summed E-state index contributed by atoms with van der Waals surface area (Å²) in [4.78, 5) is 15.5. The van der Waals surface area contributed by atoms with Gasteiger partial charge >= 0.3 is 0 Å². The molecule has 0 aliphatic heterocycles. The van der Waals surface area contributed by atoms with Crippen molar-refractivity contribution < 1.29 is 4.42 Å². The van der Waals surface area contributed by atoms with E-state index in [2.05, 4.69) is 120 Å². The largest absolute Gasteiger partial charge is 0.456 e. The number of aromatic nitrogens is 4. The Kier molecular flexibility index (Phi) is 6.05. The van der Waals surface area contributed by atoms with Crippen LogP contribution in [0.25, 0.3) is 104 Å². The fourth-order valence-corrected chi connectivity index (χ4v) is 8.74. The number of benzene rings is 7. The first kappa shape index (κ1) is 28.2.